The van der Waals surface area contributed by atoms with Crippen LogP contribution in [0.2, 0.25) is 5.02 Å². The monoisotopic (exact) mass is 354 g/mol. The molecule has 0 bridgehead atoms. The highest BCUT2D eigenvalue weighted by atomic mass is 35.5. The molecule has 0 unspecified atom stereocenters. The van der Waals surface area contributed by atoms with Gasteiger partial charge >= 0.3 is 0 Å². The number of benzene rings is 1. The van der Waals surface area contributed by atoms with Crippen LogP contribution in [-0.2, 0) is 24.8 Å². The van der Waals surface area contributed by atoms with E-state index in [4.69, 9.17) is 16.3 Å². The van der Waals surface area contributed by atoms with Crippen LogP contribution in [0.25, 0.3) is 0 Å². The zero-order valence-corrected chi connectivity index (χ0v) is 13.6. The number of halogens is 1. The van der Waals surface area contributed by atoms with E-state index in [0.29, 0.717) is 13.2 Å². The van der Waals surface area contributed by atoms with Crippen molar-refractivity contribution in [3.05, 3.63) is 23.2 Å². The summed E-state index contributed by atoms with van der Waals surface area (Å²) in [6.45, 7) is 1.11. The van der Waals surface area contributed by atoms with Crippen LogP contribution < -0.4 is 4.72 Å². The summed E-state index contributed by atoms with van der Waals surface area (Å²) in [4.78, 5) is -0.125. The minimum Gasteiger partial charge on any atom is -0.379 e. The molecule has 1 aliphatic heterocycles. The summed E-state index contributed by atoms with van der Waals surface area (Å²) in [6.07, 6.45) is 0.984. The second-order valence-corrected chi connectivity index (χ2v) is 8.60. The number of anilines is 1. The smallest absolute Gasteiger partial charge is 0.244 e. The highest BCUT2D eigenvalue weighted by Gasteiger charge is 2.28. The third kappa shape index (κ3) is 4.07. The van der Waals surface area contributed by atoms with Crippen LogP contribution in [0.5, 0.6) is 0 Å². The summed E-state index contributed by atoms with van der Waals surface area (Å²) in [5, 5.41) is 0.0422. The first-order valence-corrected chi connectivity index (χ1v) is 9.76. The highest BCUT2D eigenvalue weighted by molar-refractivity contribution is 7.92. The van der Waals surface area contributed by atoms with Crippen molar-refractivity contribution < 1.29 is 21.6 Å². The third-order valence-electron chi connectivity index (χ3n) is 2.82. The minimum absolute atomic E-state index is 0.0422. The van der Waals surface area contributed by atoms with E-state index in [1.165, 1.54) is 22.5 Å². The number of ether oxygens (including phenoxy) is 1. The van der Waals surface area contributed by atoms with Crippen LogP contribution in [0.3, 0.4) is 0 Å². The van der Waals surface area contributed by atoms with Crippen LogP contribution in [0.1, 0.15) is 0 Å². The van der Waals surface area contributed by atoms with Gasteiger partial charge in [0.15, 0.2) is 0 Å². The lowest BCUT2D eigenvalue weighted by atomic mass is 10.3. The first-order chi connectivity index (χ1) is 9.70. The van der Waals surface area contributed by atoms with E-state index in [0.717, 1.165) is 6.26 Å². The van der Waals surface area contributed by atoms with Crippen molar-refractivity contribution in [1.82, 2.24) is 4.31 Å². The van der Waals surface area contributed by atoms with Gasteiger partial charge in [-0.2, -0.15) is 4.31 Å². The fraction of sp³-hybridized carbons (Fsp3) is 0.455. The van der Waals surface area contributed by atoms with Gasteiger partial charge in [-0.1, -0.05) is 11.6 Å². The third-order valence-corrected chi connectivity index (χ3v) is 5.81. The molecule has 0 atom stereocenters. The number of nitrogens with one attached hydrogen (secondary N) is 1. The number of hydrogen-bond acceptors (Lipinski definition) is 5. The Kier molecular flexibility index (Phi) is 4.79. The molecule has 1 fully saturated rings. The Balaban J connectivity index is 2.40. The summed E-state index contributed by atoms with van der Waals surface area (Å²) in [5.41, 5.74) is 0.147. The summed E-state index contributed by atoms with van der Waals surface area (Å²) >= 11 is 5.96. The lowest BCUT2D eigenvalue weighted by Crippen LogP contribution is -2.40. The molecule has 1 N–H and O–H groups in total. The standard InChI is InChI=1S/C11H15ClN2O5S2/c1-20(15,16)13-9-2-3-10(12)11(8-9)21(17,18)14-4-6-19-7-5-14/h2-3,8,13H,4-7H2,1H3. The SMILES string of the molecule is CS(=O)(=O)Nc1ccc(Cl)c(S(=O)(=O)N2CCOCC2)c1. The number of rotatable bonds is 4. The van der Waals surface area contributed by atoms with Crippen molar-refractivity contribution >= 4 is 37.3 Å². The fourth-order valence-electron chi connectivity index (χ4n) is 1.90. The molecule has 0 saturated carbocycles. The van der Waals surface area contributed by atoms with E-state index < -0.39 is 20.0 Å². The first-order valence-electron chi connectivity index (χ1n) is 6.05. The normalized spacial score (nSPS) is 17.6. The molecule has 2 rings (SSSR count). The molecular weight excluding hydrogens is 340 g/mol. The van der Waals surface area contributed by atoms with E-state index in [2.05, 4.69) is 4.72 Å². The van der Waals surface area contributed by atoms with Gasteiger partial charge in [0, 0.05) is 18.8 Å². The predicted octanol–water partition coefficient (Wildman–Crippen LogP) is 0.732. The molecule has 118 valence electrons. The van der Waals surface area contributed by atoms with Crippen molar-refractivity contribution in [3.8, 4) is 0 Å². The molecule has 21 heavy (non-hydrogen) atoms. The molecule has 0 amide bonds. The maximum atomic E-state index is 12.5. The molecule has 0 aromatic heterocycles. The van der Waals surface area contributed by atoms with E-state index in [1.807, 2.05) is 0 Å². The van der Waals surface area contributed by atoms with Crippen LogP contribution >= 0.6 is 11.6 Å². The van der Waals surface area contributed by atoms with Crippen molar-refractivity contribution in [1.29, 1.82) is 0 Å². The Labute approximate surface area is 128 Å². The average Bonchev–Trinajstić information content (AvgIpc) is 2.40. The molecule has 1 heterocycles. The molecular formula is C11H15ClN2O5S2. The Morgan fingerprint density at radius 2 is 1.81 bits per heavy atom. The van der Waals surface area contributed by atoms with Gasteiger partial charge < -0.3 is 4.74 Å². The molecule has 10 heteroatoms. The van der Waals surface area contributed by atoms with Crippen LogP contribution in [-0.4, -0.2) is 53.7 Å². The van der Waals surface area contributed by atoms with Gasteiger partial charge in [-0.3, -0.25) is 4.72 Å². The van der Waals surface area contributed by atoms with E-state index >= 15 is 0 Å². The Bertz CT molecular complexity index is 727. The zero-order chi connectivity index (χ0) is 15.7. The molecule has 1 aromatic rings. The van der Waals surface area contributed by atoms with Crippen molar-refractivity contribution in [2.75, 3.05) is 37.3 Å². The molecule has 1 aromatic carbocycles. The summed E-state index contributed by atoms with van der Waals surface area (Å²) in [7, 11) is -7.28. The second kappa shape index (κ2) is 6.09. The van der Waals surface area contributed by atoms with Gasteiger partial charge in [-0.25, -0.2) is 16.8 Å². The Morgan fingerprint density at radius 3 is 2.38 bits per heavy atom. The largest absolute Gasteiger partial charge is 0.379 e. The van der Waals surface area contributed by atoms with Crippen LogP contribution in [0.4, 0.5) is 5.69 Å². The number of nitrogens with zero attached hydrogens (tertiary/aromatic N) is 1. The van der Waals surface area contributed by atoms with Crippen molar-refractivity contribution in [3.63, 3.8) is 0 Å². The highest BCUT2D eigenvalue weighted by Crippen LogP contribution is 2.28. The van der Waals surface area contributed by atoms with E-state index in [9.17, 15) is 16.8 Å². The van der Waals surface area contributed by atoms with Gasteiger partial charge in [0.25, 0.3) is 0 Å². The quantitative estimate of drug-likeness (QED) is 0.860. The van der Waals surface area contributed by atoms with E-state index in [-0.39, 0.29) is 28.7 Å². The lowest BCUT2D eigenvalue weighted by Gasteiger charge is -2.26. The topological polar surface area (TPSA) is 92.8 Å². The molecule has 1 saturated heterocycles. The zero-order valence-electron chi connectivity index (χ0n) is 11.2. The molecule has 7 nitrogen and oxygen atoms in total. The molecule has 0 spiro atoms. The summed E-state index contributed by atoms with van der Waals surface area (Å²) in [5.74, 6) is 0. The van der Waals surface area contributed by atoms with Gasteiger partial charge in [0.1, 0.15) is 4.90 Å². The van der Waals surface area contributed by atoms with Gasteiger partial charge in [-0.15, -0.1) is 0 Å². The number of sulfonamides is 2. The maximum Gasteiger partial charge on any atom is 0.244 e. The predicted molar refractivity (Wildman–Crippen MR) is 79.5 cm³/mol. The number of morpholine rings is 1. The summed E-state index contributed by atoms with van der Waals surface area (Å²) < 4.78 is 56.1. The Morgan fingerprint density at radius 1 is 1.19 bits per heavy atom. The summed E-state index contributed by atoms with van der Waals surface area (Å²) in [6, 6.07) is 3.97. The fourth-order valence-corrected chi connectivity index (χ4v) is 4.37. The van der Waals surface area contributed by atoms with Gasteiger partial charge in [0.2, 0.25) is 20.0 Å². The lowest BCUT2D eigenvalue weighted by molar-refractivity contribution is 0.0730. The first kappa shape index (κ1) is 16.5. The van der Waals surface area contributed by atoms with Crippen molar-refractivity contribution in [2.45, 2.75) is 4.90 Å². The minimum atomic E-state index is -3.78. The van der Waals surface area contributed by atoms with Crippen LogP contribution in [0.15, 0.2) is 23.1 Å². The maximum absolute atomic E-state index is 12.5. The molecule has 0 aliphatic carbocycles. The number of hydrogen-bond donors (Lipinski definition) is 1. The van der Waals surface area contributed by atoms with Gasteiger partial charge in [0.05, 0.1) is 24.5 Å². The van der Waals surface area contributed by atoms with Crippen LogP contribution in [0, 0.1) is 0 Å². The average molecular weight is 355 g/mol. The molecule has 1 aliphatic rings. The second-order valence-electron chi connectivity index (χ2n) is 4.54. The van der Waals surface area contributed by atoms with E-state index in [1.54, 1.807) is 0 Å². The molecule has 0 radical (unpaired) electrons. The Hall–Kier alpha value is -0.870. The van der Waals surface area contributed by atoms with Crippen molar-refractivity contribution in [2.24, 2.45) is 0 Å². The van der Waals surface area contributed by atoms with Gasteiger partial charge in [-0.05, 0) is 18.2 Å².